The quantitative estimate of drug-likeness (QED) is 0.0909. The number of likely N-dealkylation sites (tertiary alicyclic amines) is 1. The number of rotatable bonds is 12. The largest absolute Gasteiger partial charge is 0.507 e. The first-order chi connectivity index (χ1) is 33.0. The Labute approximate surface area is 399 Å². The van der Waals surface area contributed by atoms with Crippen LogP contribution in [0.1, 0.15) is 129 Å². The first-order valence-electron chi connectivity index (χ1n) is 23.9. The van der Waals surface area contributed by atoms with E-state index in [2.05, 4.69) is 35.5 Å². The second-order valence-electron chi connectivity index (χ2n) is 19.3. The number of hydrogen-bond donors (Lipinski definition) is 4. The minimum absolute atomic E-state index is 0.0815. The number of hydrogen-bond acceptors (Lipinski definition) is 13. The van der Waals surface area contributed by atoms with E-state index < -0.39 is 18.1 Å². The van der Waals surface area contributed by atoms with Gasteiger partial charge in [0.05, 0.1) is 39.6 Å². The van der Waals surface area contributed by atoms with Gasteiger partial charge in [-0.15, -0.1) is 21.5 Å². The Bertz CT molecular complexity index is 2880. The van der Waals surface area contributed by atoms with Gasteiger partial charge in [0.15, 0.2) is 5.65 Å². The second-order valence-corrected chi connectivity index (χ2v) is 20.1. The van der Waals surface area contributed by atoms with E-state index in [1.165, 1.54) is 10.5 Å². The summed E-state index contributed by atoms with van der Waals surface area (Å²) in [5.41, 5.74) is 10.1. The van der Waals surface area contributed by atoms with Gasteiger partial charge in [-0.2, -0.15) is 0 Å². The molecule has 4 N–H and O–H groups in total. The van der Waals surface area contributed by atoms with Gasteiger partial charge in [0, 0.05) is 67.6 Å². The van der Waals surface area contributed by atoms with E-state index in [1.54, 1.807) is 23.5 Å². The molecular formula is C52H58N10O5S. The maximum absolute atomic E-state index is 14.4. The molecule has 16 heteroatoms. The molecular weight excluding hydrogens is 877 g/mol. The van der Waals surface area contributed by atoms with Gasteiger partial charge >= 0.3 is 0 Å². The summed E-state index contributed by atoms with van der Waals surface area (Å²) in [5, 5.41) is 38.6. The number of aryl methyl sites for hydroxylation is 1. The maximum atomic E-state index is 14.4. The molecule has 352 valence electrons. The zero-order valence-electron chi connectivity index (χ0n) is 38.9. The van der Waals surface area contributed by atoms with E-state index in [9.17, 15) is 19.8 Å². The third-order valence-corrected chi connectivity index (χ3v) is 15.5. The molecule has 0 bridgehead atoms. The lowest BCUT2D eigenvalue weighted by atomic mass is 9.78. The number of piperidine rings is 1. The molecule has 7 aromatic rings. The smallest absolute Gasteiger partial charge is 0.243 e. The topological polar surface area (TPSA) is 199 Å². The van der Waals surface area contributed by atoms with Gasteiger partial charge in [-0.3, -0.25) is 9.59 Å². The summed E-state index contributed by atoms with van der Waals surface area (Å²) in [4.78, 5) is 50.5. The number of amides is 2. The van der Waals surface area contributed by atoms with Crippen LogP contribution in [0.15, 0.2) is 89.3 Å². The van der Waals surface area contributed by atoms with E-state index in [-0.39, 0.29) is 48.4 Å². The van der Waals surface area contributed by atoms with Crippen molar-refractivity contribution in [3.8, 4) is 27.4 Å². The molecule has 1 aliphatic carbocycles. The molecule has 5 aromatic heterocycles. The molecule has 2 amide bonds. The summed E-state index contributed by atoms with van der Waals surface area (Å²) in [6.07, 6.45) is 11.1. The van der Waals surface area contributed by atoms with Gasteiger partial charge in [-0.25, -0.2) is 15.0 Å². The van der Waals surface area contributed by atoms with E-state index in [0.29, 0.717) is 28.9 Å². The Morgan fingerprint density at radius 3 is 2.34 bits per heavy atom. The Morgan fingerprint density at radius 1 is 0.897 bits per heavy atom. The second kappa shape index (κ2) is 19.2. The van der Waals surface area contributed by atoms with Crippen LogP contribution in [-0.2, 0) is 9.59 Å². The number of β-amino-alcohol motifs (C(OH)–C–C–N with tert-alkyl or cyclic N) is 1. The highest BCUT2D eigenvalue weighted by Gasteiger charge is 2.44. The minimum atomic E-state index is -0.805. The van der Waals surface area contributed by atoms with E-state index in [1.807, 2.05) is 100 Å². The highest BCUT2D eigenvalue weighted by molar-refractivity contribution is 7.13. The van der Waals surface area contributed by atoms with Crippen LogP contribution in [0.2, 0.25) is 0 Å². The summed E-state index contributed by atoms with van der Waals surface area (Å²) >= 11 is 1.60. The van der Waals surface area contributed by atoms with Crippen LogP contribution in [0, 0.1) is 12.8 Å². The molecule has 7 heterocycles. The van der Waals surface area contributed by atoms with E-state index in [4.69, 9.17) is 14.5 Å². The first kappa shape index (κ1) is 45.3. The number of aromatic nitrogens is 7. The molecule has 68 heavy (non-hydrogen) atoms. The van der Waals surface area contributed by atoms with Gasteiger partial charge in [-0.05, 0) is 111 Å². The Hall–Kier alpha value is -6.52. The molecule has 2 aliphatic heterocycles. The average molecular weight is 935 g/mol. The van der Waals surface area contributed by atoms with Crippen molar-refractivity contribution in [1.82, 2.24) is 45.5 Å². The molecule has 0 spiro atoms. The van der Waals surface area contributed by atoms with Crippen LogP contribution < -0.4 is 10.2 Å². The zero-order chi connectivity index (χ0) is 47.1. The molecule has 2 saturated heterocycles. The Kier molecular flexibility index (Phi) is 12.8. The minimum Gasteiger partial charge on any atom is -0.507 e. The highest BCUT2D eigenvalue weighted by atomic mass is 32.1. The van der Waals surface area contributed by atoms with Gasteiger partial charge < -0.3 is 34.8 Å². The predicted molar refractivity (Wildman–Crippen MR) is 260 cm³/mol. The Balaban J connectivity index is 0.726. The molecule has 3 aliphatic rings. The van der Waals surface area contributed by atoms with Crippen molar-refractivity contribution >= 4 is 40.1 Å². The fraction of sp³-hybridized carbons (Fsp3) is 0.423. The average Bonchev–Trinajstić information content (AvgIpc) is 4.19. The summed E-state index contributed by atoms with van der Waals surface area (Å²) in [6, 6.07) is 18.2. The third kappa shape index (κ3) is 9.10. The molecule has 0 radical (unpaired) electrons. The number of para-hydroxylation sites is 1. The molecule has 1 saturated carbocycles. The molecule has 1 unspecified atom stereocenters. The number of phenolic OH excluding ortho intramolecular Hbond substituents is 1. The van der Waals surface area contributed by atoms with Crippen molar-refractivity contribution in [2.45, 2.75) is 114 Å². The van der Waals surface area contributed by atoms with Gasteiger partial charge in [0.2, 0.25) is 17.8 Å². The summed E-state index contributed by atoms with van der Waals surface area (Å²) in [6.45, 7) is 9.64. The zero-order valence-corrected chi connectivity index (χ0v) is 39.7. The maximum Gasteiger partial charge on any atom is 0.243 e. The lowest BCUT2D eigenvalue weighted by Gasteiger charge is -2.32. The number of H-pyrrole nitrogens is 1. The van der Waals surface area contributed by atoms with Crippen molar-refractivity contribution < 1.29 is 24.3 Å². The molecule has 3 fully saturated rings. The number of carbonyl (C=O) groups is 2. The summed E-state index contributed by atoms with van der Waals surface area (Å²) < 4.78 is 5.96. The summed E-state index contributed by atoms with van der Waals surface area (Å²) in [5.74, 6) is 1.02. The van der Waals surface area contributed by atoms with Crippen LogP contribution >= 0.6 is 11.3 Å². The van der Waals surface area contributed by atoms with Crippen molar-refractivity contribution in [3.63, 3.8) is 0 Å². The van der Waals surface area contributed by atoms with Crippen molar-refractivity contribution in [2.24, 2.45) is 5.92 Å². The lowest BCUT2D eigenvalue weighted by molar-refractivity contribution is -0.141. The number of carbonyl (C=O) groups excluding carboxylic acids is 2. The van der Waals surface area contributed by atoms with Gasteiger partial charge in [0.1, 0.15) is 23.5 Å². The number of aliphatic hydroxyl groups is 1. The SMILES string of the molecule is Cc1ncsc1-c1ccc([C@H](C)NC(=O)[C@@H]2C[C@@H](O)CN2C(=O)C(c2cc([C@H]3CC[C@@H](c4cnc(N5CCC(c6c[nH]c7nnc(-c8ccccc8O)cc67)CC5)nc4)CC3)no2)C(C)C)cc1. The van der Waals surface area contributed by atoms with E-state index >= 15 is 0 Å². The fourth-order valence-corrected chi connectivity index (χ4v) is 11.5. The predicted octanol–water partition coefficient (Wildman–Crippen LogP) is 8.94. The standard InChI is InChI=1S/C52H58N10O5S/c1-29(2)47(51(66)62-27-38(63)21-44(62)50(65)57-30(3)32-9-15-36(16-10-32)48-31(4)56-28-68-48)46-23-42(60-67-46)35-13-11-33(12-14-35)37-24-54-52(55-25-37)61-19-17-34(18-20-61)41-26-53-49-40(41)22-43(58-59-49)39-7-5-6-8-45(39)64/h5-10,15-16,22-26,28-30,33-35,38,44,47,63-64H,11-14,17-21,27H2,1-4H3,(H,53,59)(H,57,65)/t30-,33-,35+,38+,44-,47?/m0/s1. The first-order valence-corrected chi connectivity index (χ1v) is 24.8. The number of phenols is 1. The molecule has 10 rings (SSSR count). The number of benzene rings is 2. The third-order valence-electron chi connectivity index (χ3n) is 14.6. The highest BCUT2D eigenvalue weighted by Crippen LogP contribution is 2.42. The number of fused-ring (bicyclic) bond motifs is 1. The van der Waals surface area contributed by atoms with Gasteiger partial charge in [0.25, 0.3) is 0 Å². The van der Waals surface area contributed by atoms with Crippen LogP contribution in [0.4, 0.5) is 5.95 Å². The fourth-order valence-electron chi connectivity index (χ4n) is 10.7. The number of thiazole rings is 1. The van der Waals surface area contributed by atoms with Crippen LogP contribution in [0.25, 0.3) is 32.7 Å². The molecule has 4 atom stereocenters. The van der Waals surface area contributed by atoms with Crippen LogP contribution in [0.5, 0.6) is 5.75 Å². The number of aliphatic hydroxyl groups excluding tert-OH is 1. The number of nitrogens with one attached hydrogen (secondary N) is 2. The number of anilines is 1. The van der Waals surface area contributed by atoms with Crippen molar-refractivity contribution in [3.05, 3.63) is 119 Å². The van der Waals surface area contributed by atoms with Crippen LogP contribution in [-0.4, -0.2) is 94.0 Å². The van der Waals surface area contributed by atoms with Gasteiger partial charge in [-0.1, -0.05) is 55.4 Å². The number of nitrogens with zero attached hydrogens (tertiary/aromatic N) is 8. The van der Waals surface area contributed by atoms with Crippen LogP contribution in [0.3, 0.4) is 0 Å². The van der Waals surface area contributed by atoms with Crippen molar-refractivity contribution in [1.29, 1.82) is 0 Å². The normalized spacial score (nSPS) is 21.1. The van der Waals surface area contributed by atoms with E-state index in [0.717, 1.165) is 102 Å². The molecule has 15 nitrogen and oxygen atoms in total. The number of aromatic amines is 1. The lowest BCUT2D eigenvalue weighted by Crippen LogP contribution is -2.48. The molecule has 2 aromatic carbocycles. The van der Waals surface area contributed by atoms with Crippen molar-refractivity contribution in [2.75, 3.05) is 24.5 Å². The monoisotopic (exact) mass is 934 g/mol. The Morgan fingerprint density at radius 2 is 1.63 bits per heavy atom. The summed E-state index contributed by atoms with van der Waals surface area (Å²) in [7, 11) is 0. The number of aromatic hydroxyl groups is 1.